The lowest BCUT2D eigenvalue weighted by molar-refractivity contribution is 0.0142. The second-order valence-corrected chi connectivity index (χ2v) is 11.1. The Hall–Kier alpha value is -3.64. The minimum absolute atomic E-state index is 0.0597. The van der Waals surface area contributed by atoms with Crippen LogP contribution in [-0.4, -0.2) is 85.1 Å². The third-order valence-corrected chi connectivity index (χ3v) is 8.28. The molecule has 1 fully saturated rings. The molecule has 0 bridgehead atoms. The molecule has 0 spiro atoms. The van der Waals surface area contributed by atoms with Crippen LogP contribution in [0.1, 0.15) is 45.7 Å². The minimum Gasteiger partial charge on any atom is -0.495 e. The first-order valence-corrected chi connectivity index (χ1v) is 14.1. The maximum absolute atomic E-state index is 13.2. The number of rotatable bonds is 8. The van der Waals surface area contributed by atoms with Gasteiger partial charge >= 0.3 is 0 Å². The minimum atomic E-state index is -0.329. The number of halogens is 2. The molecular weight excluding hydrogens is 583 g/mol. The molecule has 222 valence electrons. The smallest absolute Gasteiger partial charge is 0.258 e. The number of nitrogens with zero attached hydrogens (tertiary/aromatic N) is 4. The van der Waals surface area contributed by atoms with Gasteiger partial charge in [-0.1, -0.05) is 35.3 Å². The highest BCUT2D eigenvalue weighted by Crippen LogP contribution is 2.40. The van der Waals surface area contributed by atoms with Crippen LogP contribution in [0.4, 0.5) is 11.6 Å². The Balaban J connectivity index is 1.36. The summed E-state index contributed by atoms with van der Waals surface area (Å²) in [4.78, 5) is 38.5. The fourth-order valence-corrected chi connectivity index (χ4v) is 5.57. The number of nitrogens with one attached hydrogen (secondary N) is 2. The molecule has 0 aliphatic carbocycles. The van der Waals surface area contributed by atoms with Crippen LogP contribution in [0, 0.1) is 0 Å². The second kappa shape index (κ2) is 12.3. The van der Waals surface area contributed by atoms with Crippen LogP contribution in [0.3, 0.4) is 0 Å². The van der Waals surface area contributed by atoms with Crippen LogP contribution in [0.25, 0.3) is 0 Å². The van der Waals surface area contributed by atoms with Gasteiger partial charge in [0, 0.05) is 20.7 Å². The lowest BCUT2D eigenvalue weighted by Crippen LogP contribution is -2.53. The highest BCUT2D eigenvalue weighted by Gasteiger charge is 2.34. The number of likely N-dealkylation sites (N-methyl/N-ethyl adjacent to an activating group) is 1. The molecule has 1 saturated heterocycles. The SMILES string of the molecule is COc1cc(C(=O)N[C@H]2CCN(C)C[C@H]2OC)c(Cl)cc1Nc1ncc(Cl)c(Oc2cccc3c2C(=O)N(C)[C@H]3C)n1. The molecule has 42 heavy (non-hydrogen) atoms. The lowest BCUT2D eigenvalue weighted by Gasteiger charge is -2.36. The van der Waals surface area contributed by atoms with Crippen LogP contribution < -0.4 is 20.1 Å². The zero-order valence-electron chi connectivity index (χ0n) is 23.9. The molecule has 0 radical (unpaired) electrons. The van der Waals surface area contributed by atoms with Crippen LogP contribution in [0.5, 0.6) is 17.4 Å². The molecule has 0 saturated carbocycles. The summed E-state index contributed by atoms with van der Waals surface area (Å²) in [5.41, 5.74) is 2.01. The van der Waals surface area contributed by atoms with Crippen molar-refractivity contribution in [3.63, 3.8) is 0 Å². The number of ether oxygens (including phenoxy) is 3. The Morgan fingerprint density at radius 3 is 2.64 bits per heavy atom. The van der Waals surface area contributed by atoms with Crippen molar-refractivity contribution in [1.29, 1.82) is 0 Å². The van der Waals surface area contributed by atoms with E-state index in [2.05, 4.69) is 25.5 Å². The van der Waals surface area contributed by atoms with Gasteiger partial charge in [-0.3, -0.25) is 9.59 Å². The quantitative estimate of drug-likeness (QED) is 0.364. The van der Waals surface area contributed by atoms with E-state index >= 15 is 0 Å². The standard InChI is InChI=1S/C29H32Cl2N6O5/c1-15-16-7-6-8-22(25(16)28(39)37(15)3)42-27-19(31)13-32-29(35-27)34-21-12-18(30)17(11-23(21)40-4)26(38)33-20-9-10-36(2)14-24(20)41-5/h6-8,11-13,15,20,24H,9-10,14H2,1-5H3,(H,33,38)(H,32,34,35)/t15-,20-,24+/m0/s1. The summed E-state index contributed by atoms with van der Waals surface area (Å²) in [6, 6.07) is 8.30. The molecule has 2 aliphatic heterocycles. The van der Waals surface area contributed by atoms with Gasteiger partial charge in [0.2, 0.25) is 11.8 Å². The van der Waals surface area contributed by atoms with Crippen LogP contribution >= 0.6 is 23.2 Å². The number of amides is 2. The van der Waals surface area contributed by atoms with E-state index in [1.54, 1.807) is 37.3 Å². The molecule has 2 amide bonds. The topological polar surface area (TPSA) is 118 Å². The lowest BCUT2D eigenvalue weighted by atomic mass is 10.0. The van der Waals surface area contributed by atoms with E-state index in [9.17, 15) is 9.59 Å². The van der Waals surface area contributed by atoms with Gasteiger partial charge in [-0.15, -0.1) is 0 Å². The number of piperidine rings is 1. The van der Waals surface area contributed by atoms with E-state index in [0.717, 1.165) is 18.5 Å². The van der Waals surface area contributed by atoms with Crippen molar-refractivity contribution < 1.29 is 23.8 Å². The van der Waals surface area contributed by atoms with Crippen LogP contribution in [-0.2, 0) is 4.74 Å². The number of carbonyl (C=O) groups is 2. The Bertz CT molecular complexity index is 1520. The third-order valence-electron chi connectivity index (χ3n) is 7.70. The fraction of sp³-hybridized carbons (Fsp3) is 0.379. The molecule has 2 aliphatic rings. The maximum atomic E-state index is 13.2. The zero-order valence-corrected chi connectivity index (χ0v) is 25.4. The third kappa shape index (κ3) is 5.82. The van der Waals surface area contributed by atoms with Crippen molar-refractivity contribution in [2.75, 3.05) is 46.7 Å². The maximum Gasteiger partial charge on any atom is 0.258 e. The first-order valence-electron chi connectivity index (χ1n) is 13.4. The molecule has 11 nitrogen and oxygen atoms in total. The molecule has 0 unspecified atom stereocenters. The number of hydrogen-bond donors (Lipinski definition) is 2. The van der Waals surface area contributed by atoms with E-state index in [1.165, 1.54) is 13.3 Å². The summed E-state index contributed by atoms with van der Waals surface area (Å²) in [5, 5.41) is 6.47. The number of carbonyl (C=O) groups excluding carboxylic acids is 2. The normalized spacial score (nSPS) is 20.3. The van der Waals surface area contributed by atoms with Gasteiger partial charge in [-0.25, -0.2) is 4.98 Å². The molecule has 1 aromatic heterocycles. The van der Waals surface area contributed by atoms with Crippen molar-refractivity contribution >= 4 is 46.7 Å². The van der Waals surface area contributed by atoms with Gasteiger partial charge in [-0.05, 0) is 50.7 Å². The molecule has 3 heterocycles. The van der Waals surface area contributed by atoms with Gasteiger partial charge < -0.3 is 34.6 Å². The van der Waals surface area contributed by atoms with Gasteiger partial charge in [0.25, 0.3) is 11.8 Å². The molecule has 2 aromatic carbocycles. The average Bonchev–Trinajstić information content (AvgIpc) is 3.20. The number of hydrogen-bond acceptors (Lipinski definition) is 9. The molecule has 2 N–H and O–H groups in total. The first kappa shape index (κ1) is 29.8. The summed E-state index contributed by atoms with van der Waals surface area (Å²) in [5.74, 6) is 0.417. The molecule has 3 aromatic rings. The zero-order chi connectivity index (χ0) is 30.1. The molecule has 3 atom stereocenters. The van der Waals surface area contributed by atoms with Crippen molar-refractivity contribution in [2.24, 2.45) is 0 Å². The van der Waals surface area contributed by atoms with E-state index in [-0.39, 0.29) is 57.4 Å². The molecule has 5 rings (SSSR count). The number of methoxy groups -OCH3 is 2. The molecule has 13 heteroatoms. The number of likely N-dealkylation sites (tertiary alicyclic amines) is 1. The van der Waals surface area contributed by atoms with Gasteiger partial charge in [0.1, 0.15) is 16.5 Å². The predicted molar refractivity (Wildman–Crippen MR) is 160 cm³/mol. The van der Waals surface area contributed by atoms with Crippen molar-refractivity contribution in [3.05, 3.63) is 63.3 Å². The Morgan fingerprint density at radius 1 is 1.12 bits per heavy atom. The Labute approximate surface area is 254 Å². The van der Waals surface area contributed by atoms with Crippen molar-refractivity contribution in [1.82, 2.24) is 25.1 Å². The second-order valence-electron chi connectivity index (χ2n) is 10.3. The summed E-state index contributed by atoms with van der Waals surface area (Å²) < 4.78 is 17.2. The Kier molecular flexibility index (Phi) is 8.74. The van der Waals surface area contributed by atoms with Crippen molar-refractivity contribution in [3.8, 4) is 17.4 Å². The highest BCUT2D eigenvalue weighted by atomic mass is 35.5. The Morgan fingerprint density at radius 2 is 1.90 bits per heavy atom. The van der Waals surface area contributed by atoms with E-state index in [0.29, 0.717) is 29.3 Å². The number of anilines is 2. The van der Waals surface area contributed by atoms with Crippen molar-refractivity contribution in [2.45, 2.75) is 31.5 Å². The van der Waals surface area contributed by atoms with E-state index in [1.807, 2.05) is 26.1 Å². The largest absolute Gasteiger partial charge is 0.495 e. The number of aromatic nitrogens is 2. The van der Waals surface area contributed by atoms with Gasteiger partial charge in [0.15, 0.2) is 0 Å². The summed E-state index contributed by atoms with van der Waals surface area (Å²) >= 11 is 12.9. The summed E-state index contributed by atoms with van der Waals surface area (Å²) in [7, 11) is 6.88. The van der Waals surface area contributed by atoms with Gasteiger partial charge in [0.05, 0.1) is 53.3 Å². The number of fused-ring (bicyclic) bond motifs is 1. The first-order chi connectivity index (χ1) is 20.1. The van der Waals surface area contributed by atoms with Gasteiger partial charge in [-0.2, -0.15) is 4.98 Å². The monoisotopic (exact) mass is 614 g/mol. The summed E-state index contributed by atoms with van der Waals surface area (Å²) in [6.07, 6.45) is 2.01. The van der Waals surface area contributed by atoms with Crippen LogP contribution in [0.2, 0.25) is 10.0 Å². The highest BCUT2D eigenvalue weighted by molar-refractivity contribution is 6.34. The van der Waals surface area contributed by atoms with E-state index < -0.39 is 0 Å². The van der Waals surface area contributed by atoms with E-state index in [4.69, 9.17) is 37.4 Å². The van der Waals surface area contributed by atoms with Crippen LogP contribution in [0.15, 0.2) is 36.5 Å². The average molecular weight is 616 g/mol. The number of benzene rings is 2. The summed E-state index contributed by atoms with van der Waals surface area (Å²) in [6.45, 7) is 3.51. The molecular formula is C29H32Cl2N6O5. The predicted octanol–water partition coefficient (Wildman–Crippen LogP) is 4.92. The fourth-order valence-electron chi connectivity index (χ4n) is 5.19.